The van der Waals surface area contributed by atoms with Gasteiger partial charge >= 0.3 is 0 Å². The lowest BCUT2D eigenvalue weighted by Gasteiger charge is -2.12. The van der Waals surface area contributed by atoms with E-state index in [0.29, 0.717) is 28.1 Å². The van der Waals surface area contributed by atoms with Crippen LogP contribution in [-0.4, -0.2) is 28.6 Å². The molecule has 8 heteroatoms. The van der Waals surface area contributed by atoms with E-state index in [0.717, 1.165) is 13.0 Å². The molecule has 0 aliphatic carbocycles. The van der Waals surface area contributed by atoms with Gasteiger partial charge in [0.15, 0.2) is 6.21 Å². The molecule has 1 aromatic carbocycles. The van der Waals surface area contributed by atoms with Crippen LogP contribution in [0.3, 0.4) is 0 Å². The predicted molar refractivity (Wildman–Crippen MR) is 94.4 cm³/mol. The Labute approximate surface area is 149 Å². The van der Waals surface area contributed by atoms with Crippen molar-refractivity contribution in [2.75, 3.05) is 17.6 Å². The van der Waals surface area contributed by atoms with Gasteiger partial charge in [-0.3, -0.25) is 4.79 Å². The van der Waals surface area contributed by atoms with Gasteiger partial charge in [0.2, 0.25) is 11.2 Å². The topological polar surface area (TPSA) is 119 Å². The molecule has 2 heterocycles. The van der Waals surface area contributed by atoms with E-state index in [4.69, 9.17) is 22.6 Å². The maximum absolute atomic E-state index is 12.6. The quantitative estimate of drug-likeness (QED) is 0.547. The Hall–Kier alpha value is -2.98. The van der Waals surface area contributed by atoms with Crippen molar-refractivity contribution in [1.29, 1.82) is 5.26 Å². The molecule has 2 aromatic rings. The second kappa shape index (κ2) is 6.87. The highest BCUT2D eigenvalue weighted by Gasteiger charge is 2.36. The number of aromatic nitrogens is 2. The van der Waals surface area contributed by atoms with Crippen LogP contribution in [0.25, 0.3) is 0 Å². The minimum Gasteiger partial charge on any atom is -0.383 e. The second-order valence-electron chi connectivity index (χ2n) is 5.61. The summed E-state index contributed by atoms with van der Waals surface area (Å²) >= 11 is 5.97. The molecule has 0 spiro atoms. The number of rotatable bonds is 4. The number of nitrogen functional groups attached to an aromatic ring is 1. The summed E-state index contributed by atoms with van der Waals surface area (Å²) in [6, 6.07) is 7.11. The van der Waals surface area contributed by atoms with Gasteiger partial charge in [0.1, 0.15) is 23.8 Å². The van der Waals surface area contributed by atoms with E-state index in [2.05, 4.69) is 26.3 Å². The molecule has 1 aromatic heterocycles. The average Bonchev–Trinajstić information content (AvgIpc) is 2.91. The fraction of sp³-hybridized carbons (Fsp3) is 0.235. The highest BCUT2D eigenvalue weighted by Crippen LogP contribution is 2.38. The number of carbonyl (C=O) groups is 1. The maximum atomic E-state index is 12.6. The van der Waals surface area contributed by atoms with Crippen LogP contribution in [0.4, 0.5) is 11.5 Å². The lowest BCUT2D eigenvalue weighted by Crippen LogP contribution is -2.69. The van der Waals surface area contributed by atoms with Gasteiger partial charge in [0, 0.05) is 12.1 Å². The molecule has 0 bridgehead atoms. The number of nitriles is 1. The molecule has 7 nitrogen and oxygen atoms in total. The first-order valence-electron chi connectivity index (χ1n) is 7.79. The van der Waals surface area contributed by atoms with Crippen LogP contribution in [0.2, 0.25) is 5.28 Å². The summed E-state index contributed by atoms with van der Waals surface area (Å²) in [6.07, 6.45) is 2.63. The SMILES string of the molecule is CCC[NH+]=Cc1c(N)nc(Cl)nc1C1C(=O)Nc2ccc(C#N)cc21. The van der Waals surface area contributed by atoms with Crippen molar-refractivity contribution >= 4 is 35.2 Å². The molecule has 0 radical (unpaired) electrons. The van der Waals surface area contributed by atoms with E-state index in [1.807, 2.05) is 6.92 Å². The van der Waals surface area contributed by atoms with Crippen molar-refractivity contribution in [3.05, 3.63) is 45.9 Å². The summed E-state index contributed by atoms with van der Waals surface area (Å²) in [6.45, 7) is 2.78. The van der Waals surface area contributed by atoms with Crippen molar-refractivity contribution in [2.24, 2.45) is 0 Å². The Morgan fingerprint density at radius 1 is 1.48 bits per heavy atom. The summed E-state index contributed by atoms with van der Waals surface area (Å²) < 4.78 is 0. The standard InChI is InChI=1S/C17H15ClN6O/c1-2-5-21-8-11-14(23-17(18)24-15(11)20)13-10-6-9(7-19)3-4-12(10)22-16(13)25/h3-4,6,8,13H,2,5H2,1H3,(H,22,25)(H2,20,23,24)/p+1. The Balaban J connectivity index is 2.17. The van der Waals surface area contributed by atoms with Crippen LogP contribution in [-0.2, 0) is 4.79 Å². The molecule has 1 atom stereocenters. The number of hydrogen-bond donors (Lipinski definition) is 3. The molecule has 4 N–H and O–H groups in total. The first-order chi connectivity index (χ1) is 12.0. The van der Waals surface area contributed by atoms with Gasteiger partial charge in [-0.25, -0.2) is 15.0 Å². The Bertz CT molecular complexity index is 918. The summed E-state index contributed by atoms with van der Waals surface area (Å²) in [5, 5.41) is 11.9. The molecular formula is C17H16ClN6O+. The van der Waals surface area contributed by atoms with Crippen LogP contribution >= 0.6 is 11.6 Å². The highest BCUT2D eigenvalue weighted by atomic mass is 35.5. The minimum atomic E-state index is -0.708. The molecular weight excluding hydrogens is 340 g/mol. The number of hydrogen-bond acceptors (Lipinski definition) is 5. The molecule has 3 rings (SSSR count). The van der Waals surface area contributed by atoms with E-state index in [-0.39, 0.29) is 17.0 Å². The van der Waals surface area contributed by atoms with Gasteiger partial charge in [0.25, 0.3) is 0 Å². The molecule has 0 fully saturated rings. The molecule has 1 amide bonds. The van der Waals surface area contributed by atoms with Crippen LogP contribution in [0.1, 0.15) is 41.6 Å². The third-order valence-corrected chi connectivity index (χ3v) is 4.07. The molecule has 1 unspecified atom stereocenters. The first-order valence-corrected chi connectivity index (χ1v) is 8.17. The molecule has 126 valence electrons. The van der Waals surface area contributed by atoms with Crippen molar-refractivity contribution < 1.29 is 9.79 Å². The van der Waals surface area contributed by atoms with Crippen LogP contribution in [0.15, 0.2) is 18.2 Å². The average molecular weight is 356 g/mol. The summed E-state index contributed by atoms with van der Waals surface area (Å²) in [4.78, 5) is 23.9. The zero-order valence-electron chi connectivity index (χ0n) is 13.5. The minimum absolute atomic E-state index is 0.0298. The van der Waals surface area contributed by atoms with E-state index >= 15 is 0 Å². The molecule has 25 heavy (non-hydrogen) atoms. The fourth-order valence-electron chi connectivity index (χ4n) is 2.76. The van der Waals surface area contributed by atoms with Crippen LogP contribution < -0.4 is 16.0 Å². The number of carbonyl (C=O) groups excluding carboxylic acids is 1. The van der Waals surface area contributed by atoms with Gasteiger partial charge < -0.3 is 11.1 Å². The van der Waals surface area contributed by atoms with E-state index in [1.165, 1.54) is 0 Å². The number of fused-ring (bicyclic) bond motifs is 1. The number of halogens is 1. The van der Waals surface area contributed by atoms with Crippen molar-refractivity contribution in [3.8, 4) is 6.07 Å². The number of benzene rings is 1. The predicted octanol–water partition coefficient (Wildman–Crippen LogP) is 0.577. The molecule has 0 saturated carbocycles. The van der Waals surface area contributed by atoms with E-state index in [1.54, 1.807) is 24.4 Å². The van der Waals surface area contributed by atoms with E-state index in [9.17, 15) is 4.79 Å². The highest BCUT2D eigenvalue weighted by molar-refractivity contribution is 6.28. The normalized spacial score (nSPS) is 15.9. The zero-order valence-corrected chi connectivity index (χ0v) is 14.3. The lowest BCUT2D eigenvalue weighted by molar-refractivity contribution is -0.451. The Morgan fingerprint density at radius 2 is 2.28 bits per heavy atom. The summed E-state index contributed by atoms with van der Waals surface area (Å²) in [5.74, 6) is -0.763. The molecule has 1 aliphatic rings. The Morgan fingerprint density at radius 3 is 3.00 bits per heavy atom. The first kappa shape index (κ1) is 16.9. The van der Waals surface area contributed by atoms with Gasteiger partial charge in [-0.2, -0.15) is 5.26 Å². The lowest BCUT2D eigenvalue weighted by atomic mass is 9.93. The van der Waals surface area contributed by atoms with Crippen LogP contribution in [0, 0.1) is 11.3 Å². The number of nitrogens with zero attached hydrogens (tertiary/aromatic N) is 3. The largest absolute Gasteiger partial charge is 0.383 e. The van der Waals surface area contributed by atoms with Gasteiger partial charge in [-0.1, -0.05) is 6.92 Å². The number of nitrogens with two attached hydrogens (primary N) is 1. The smallest absolute Gasteiger partial charge is 0.238 e. The van der Waals surface area contributed by atoms with Gasteiger partial charge in [-0.15, -0.1) is 0 Å². The number of nitrogens with one attached hydrogen (secondary N) is 2. The zero-order chi connectivity index (χ0) is 18.0. The molecule has 0 saturated heterocycles. The summed E-state index contributed by atoms with van der Waals surface area (Å²) in [7, 11) is 0. The van der Waals surface area contributed by atoms with Gasteiger partial charge in [-0.05, 0) is 35.4 Å². The van der Waals surface area contributed by atoms with Crippen molar-refractivity contribution in [2.45, 2.75) is 19.3 Å². The third-order valence-electron chi connectivity index (χ3n) is 3.90. The number of anilines is 2. The maximum Gasteiger partial charge on any atom is 0.238 e. The number of amides is 1. The van der Waals surface area contributed by atoms with Crippen molar-refractivity contribution in [1.82, 2.24) is 9.97 Å². The second-order valence-corrected chi connectivity index (χ2v) is 5.95. The van der Waals surface area contributed by atoms with Crippen molar-refractivity contribution in [3.63, 3.8) is 0 Å². The third kappa shape index (κ3) is 3.16. The molecule has 1 aliphatic heterocycles. The van der Waals surface area contributed by atoms with Crippen LogP contribution in [0.5, 0.6) is 0 Å². The van der Waals surface area contributed by atoms with Gasteiger partial charge in [0.05, 0.1) is 17.3 Å². The Kier molecular flexibility index (Phi) is 4.63. The monoisotopic (exact) mass is 355 g/mol. The summed E-state index contributed by atoms with van der Waals surface area (Å²) in [5.41, 5.74) is 8.71. The fourth-order valence-corrected chi connectivity index (χ4v) is 2.95. The van der Waals surface area contributed by atoms with E-state index < -0.39 is 5.92 Å².